The third kappa shape index (κ3) is 9.36. The number of nitrogens with two attached hydrogens (primary N) is 1. The Balaban J connectivity index is 1.06. The number of hydrogen-bond donors (Lipinski definition) is 5. The van der Waals surface area contributed by atoms with Crippen LogP contribution >= 0.6 is 11.8 Å². The molecule has 0 bridgehead atoms. The standard InChI is InChI=1S/C38H40N6O5S/c39-32-8-3-4-9-33(32)43-36(47)11-5-10-35(46)40-21-29-6-1-2-7-31(29)26-16-18-28(19-17-26)37-48-30(23-50-38-41-24-42-44-38)20-34(49-37)27-14-12-25(22-45)13-15-27/h1-4,6-9,12-19,24,30,34,37,45H,5,10-11,20-23,39H2,(H,40,46)(H,43,47)(H,41,42,44)/t30-,34+,37+/m1/s1. The Morgan fingerprint density at radius 3 is 2.40 bits per heavy atom. The Morgan fingerprint density at radius 1 is 0.900 bits per heavy atom. The van der Waals surface area contributed by atoms with Crippen molar-refractivity contribution in [1.29, 1.82) is 0 Å². The third-order valence-corrected chi connectivity index (χ3v) is 9.45. The molecular weight excluding hydrogens is 653 g/mol. The molecule has 2 heterocycles. The molecule has 6 N–H and O–H groups in total. The second-order valence-corrected chi connectivity index (χ2v) is 13.0. The number of aromatic amines is 1. The van der Waals surface area contributed by atoms with Crippen molar-refractivity contribution in [2.75, 3.05) is 16.8 Å². The molecule has 2 amide bonds. The molecule has 5 aromatic rings. The van der Waals surface area contributed by atoms with Gasteiger partial charge in [-0.2, -0.15) is 5.10 Å². The van der Waals surface area contributed by atoms with E-state index in [0.29, 0.717) is 36.5 Å². The summed E-state index contributed by atoms with van der Waals surface area (Å²) in [5.74, 6) is 0.375. The van der Waals surface area contributed by atoms with Crippen molar-refractivity contribution in [2.24, 2.45) is 0 Å². The highest BCUT2D eigenvalue weighted by Gasteiger charge is 2.32. The molecule has 6 rings (SSSR count). The number of carbonyl (C=O) groups is 2. The quantitative estimate of drug-likeness (QED) is 0.0663. The number of hydrogen-bond acceptors (Lipinski definition) is 9. The summed E-state index contributed by atoms with van der Waals surface area (Å²) in [4.78, 5) is 29.2. The molecule has 50 heavy (non-hydrogen) atoms. The second kappa shape index (κ2) is 17.1. The average molecular weight is 693 g/mol. The first-order chi connectivity index (χ1) is 24.4. The Bertz CT molecular complexity index is 1850. The fourth-order valence-electron chi connectivity index (χ4n) is 5.75. The van der Waals surface area contributed by atoms with Gasteiger partial charge < -0.3 is 30.9 Å². The molecule has 1 saturated heterocycles. The Kier molecular flexibility index (Phi) is 11.9. The predicted molar refractivity (Wildman–Crippen MR) is 193 cm³/mol. The highest BCUT2D eigenvalue weighted by Crippen LogP contribution is 2.39. The maximum Gasteiger partial charge on any atom is 0.224 e. The van der Waals surface area contributed by atoms with Gasteiger partial charge in [-0.1, -0.05) is 96.7 Å². The van der Waals surface area contributed by atoms with Crippen molar-refractivity contribution >= 4 is 35.0 Å². The van der Waals surface area contributed by atoms with Gasteiger partial charge in [-0.15, -0.1) is 0 Å². The lowest BCUT2D eigenvalue weighted by Gasteiger charge is -2.36. The number of carbonyl (C=O) groups excluding carboxylic acids is 2. The van der Waals surface area contributed by atoms with E-state index < -0.39 is 6.29 Å². The van der Waals surface area contributed by atoms with Crippen molar-refractivity contribution in [3.63, 3.8) is 0 Å². The fourth-order valence-corrected chi connectivity index (χ4v) is 6.55. The van der Waals surface area contributed by atoms with Gasteiger partial charge in [0.25, 0.3) is 0 Å². The van der Waals surface area contributed by atoms with Crippen molar-refractivity contribution in [2.45, 2.75) is 62.5 Å². The van der Waals surface area contributed by atoms with E-state index in [2.05, 4.69) is 25.8 Å². The molecule has 4 aromatic carbocycles. The summed E-state index contributed by atoms with van der Waals surface area (Å²) in [7, 11) is 0. The number of aliphatic hydroxyl groups excluding tert-OH is 1. The van der Waals surface area contributed by atoms with E-state index >= 15 is 0 Å². The van der Waals surface area contributed by atoms with Crippen molar-refractivity contribution in [3.8, 4) is 11.1 Å². The van der Waals surface area contributed by atoms with Gasteiger partial charge in [0.2, 0.25) is 11.8 Å². The number of para-hydroxylation sites is 2. The van der Waals surface area contributed by atoms with Crippen LogP contribution in [0.5, 0.6) is 0 Å². The largest absolute Gasteiger partial charge is 0.397 e. The van der Waals surface area contributed by atoms with Gasteiger partial charge in [0.1, 0.15) is 6.33 Å². The van der Waals surface area contributed by atoms with Crippen LogP contribution in [-0.4, -0.2) is 44.0 Å². The highest BCUT2D eigenvalue weighted by atomic mass is 32.2. The topological polar surface area (TPSA) is 164 Å². The molecule has 258 valence electrons. The smallest absolute Gasteiger partial charge is 0.224 e. The maximum absolute atomic E-state index is 12.7. The van der Waals surface area contributed by atoms with Crippen molar-refractivity contribution in [3.05, 3.63) is 126 Å². The summed E-state index contributed by atoms with van der Waals surface area (Å²) < 4.78 is 13.0. The molecule has 0 saturated carbocycles. The number of nitrogens with one attached hydrogen (secondary N) is 3. The zero-order chi connectivity index (χ0) is 34.7. The lowest BCUT2D eigenvalue weighted by molar-refractivity contribution is -0.245. The van der Waals surface area contributed by atoms with Gasteiger partial charge in [0, 0.05) is 37.1 Å². The number of benzene rings is 4. The van der Waals surface area contributed by atoms with Gasteiger partial charge in [-0.25, -0.2) is 4.98 Å². The van der Waals surface area contributed by atoms with Crippen LogP contribution < -0.4 is 16.4 Å². The van der Waals surface area contributed by atoms with E-state index in [9.17, 15) is 14.7 Å². The van der Waals surface area contributed by atoms with Gasteiger partial charge >= 0.3 is 0 Å². The summed E-state index contributed by atoms with van der Waals surface area (Å²) >= 11 is 1.55. The van der Waals surface area contributed by atoms with Crippen LogP contribution in [0, 0.1) is 0 Å². The summed E-state index contributed by atoms with van der Waals surface area (Å²) in [6.07, 6.45) is 2.16. The first kappa shape index (κ1) is 34.8. The predicted octanol–water partition coefficient (Wildman–Crippen LogP) is 6.31. The molecule has 0 spiro atoms. The molecule has 0 radical (unpaired) electrons. The van der Waals surface area contributed by atoms with Crippen LogP contribution in [0.25, 0.3) is 11.1 Å². The molecule has 12 heteroatoms. The maximum atomic E-state index is 12.7. The Hall–Kier alpha value is -5.01. The van der Waals surface area contributed by atoms with Crippen LogP contribution in [0.15, 0.2) is 109 Å². The minimum atomic E-state index is -0.581. The molecule has 1 fully saturated rings. The second-order valence-electron chi connectivity index (χ2n) is 12.0. The number of amides is 2. The normalized spacial score (nSPS) is 17.3. The number of aromatic nitrogens is 3. The molecule has 3 atom stereocenters. The fraction of sp³-hybridized carbons (Fsp3) is 0.263. The monoisotopic (exact) mass is 692 g/mol. The van der Waals surface area contributed by atoms with E-state index in [0.717, 1.165) is 38.5 Å². The average Bonchev–Trinajstić information content (AvgIpc) is 3.68. The van der Waals surface area contributed by atoms with Crippen LogP contribution in [0.3, 0.4) is 0 Å². The van der Waals surface area contributed by atoms with Gasteiger partial charge in [-0.3, -0.25) is 14.7 Å². The summed E-state index contributed by atoms with van der Waals surface area (Å²) in [6.45, 7) is 0.349. The number of anilines is 2. The number of H-pyrrole nitrogens is 1. The molecule has 1 aromatic heterocycles. The lowest BCUT2D eigenvalue weighted by Crippen LogP contribution is -2.31. The van der Waals surface area contributed by atoms with Gasteiger partial charge in [0.05, 0.1) is 30.2 Å². The molecule has 0 unspecified atom stereocenters. The minimum Gasteiger partial charge on any atom is -0.397 e. The first-order valence-electron chi connectivity index (χ1n) is 16.5. The Labute approximate surface area is 295 Å². The summed E-state index contributed by atoms with van der Waals surface area (Å²) in [5.41, 5.74) is 12.7. The summed E-state index contributed by atoms with van der Waals surface area (Å²) in [5, 5.41) is 22.9. The molecule has 11 nitrogen and oxygen atoms in total. The third-order valence-electron chi connectivity index (χ3n) is 8.44. The molecular formula is C38H40N6O5S. The van der Waals surface area contributed by atoms with Crippen molar-refractivity contribution < 1.29 is 24.2 Å². The van der Waals surface area contributed by atoms with Crippen LogP contribution in [0.1, 0.15) is 60.3 Å². The zero-order valence-electron chi connectivity index (χ0n) is 27.5. The SMILES string of the molecule is Nc1ccccc1NC(=O)CCCC(=O)NCc1ccccc1-c1ccc([C@H]2O[C@@H](CSc3ncn[nH]3)C[C@@H](c3ccc(CO)cc3)O2)cc1. The van der Waals surface area contributed by atoms with Crippen LogP contribution in [0.4, 0.5) is 11.4 Å². The van der Waals surface area contributed by atoms with Crippen LogP contribution in [-0.2, 0) is 32.2 Å². The van der Waals surface area contributed by atoms with Gasteiger partial charge in [-0.05, 0) is 46.4 Å². The molecule has 0 aliphatic carbocycles. The zero-order valence-corrected chi connectivity index (χ0v) is 28.3. The number of ether oxygens (including phenoxy) is 2. The van der Waals surface area contributed by atoms with E-state index in [-0.39, 0.29) is 43.5 Å². The van der Waals surface area contributed by atoms with E-state index in [1.807, 2.05) is 72.8 Å². The lowest BCUT2D eigenvalue weighted by atomic mass is 9.97. The Morgan fingerprint density at radius 2 is 1.64 bits per heavy atom. The van der Waals surface area contributed by atoms with Crippen LogP contribution in [0.2, 0.25) is 0 Å². The molecule has 1 aliphatic rings. The first-order valence-corrected chi connectivity index (χ1v) is 17.5. The van der Waals surface area contributed by atoms with Crippen molar-refractivity contribution in [1.82, 2.24) is 20.5 Å². The minimum absolute atomic E-state index is 0.0119. The van der Waals surface area contributed by atoms with E-state index in [1.54, 1.807) is 36.0 Å². The highest BCUT2D eigenvalue weighted by molar-refractivity contribution is 7.99. The number of rotatable bonds is 14. The van der Waals surface area contributed by atoms with E-state index in [1.165, 1.54) is 6.33 Å². The summed E-state index contributed by atoms with van der Waals surface area (Å²) in [6, 6.07) is 31.0. The molecule has 1 aliphatic heterocycles. The van der Waals surface area contributed by atoms with E-state index in [4.69, 9.17) is 15.2 Å². The number of aliphatic hydroxyl groups is 1. The number of thioether (sulfide) groups is 1. The number of nitrogens with zero attached hydrogens (tertiary/aromatic N) is 2. The number of nitrogen functional groups attached to an aromatic ring is 1. The van der Waals surface area contributed by atoms with Gasteiger partial charge in [0.15, 0.2) is 11.4 Å².